The van der Waals surface area contributed by atoms with Gasteiger partial charge >= 0.3 is 0 Å². The van der Waals surface area contributed by atoms with Crippen LogP contribution in [0.25, 0.3) is 22.8 Å². The number of morpholine rings is 1. The van der Waals surface area contributed by atoms with Crippen LogP contribution in [0, 0.1) is 10.1 Å². The van der Waals surface area contributed by atoms with Crippen molar-refractivity contribution in [2.75, 3.05) is 31.6 Å². The van der Waals surface area contributed by atoms with Gasteiger partial charge in [0.05, 0.1) is 41.9 Å². The highest BCUT2D eigenvalue weighted by molar-refractivity contribution is 6.05. The molecule has 4 aromatic rings. The van der Waals surface area contributed by atoms with E-state index in [4.69, 9.17) is 4.74 Å². The smallest absolute Gasteiger partial charge is 0.269 e. The summed E-state index contributed by atoms with van der Waals surface area (Å²) in [6.07, 6.45) is 3.22. The Morgan fingerprint density at radius 1 is 1.09 bits per heavy atom. The van der Waals surface area contributed by atoms with Crippen molar-refractivity contribution in [1.29, 1.82) is 0 Å². The van der Waals surface area contributed by atoms with E-state index in [0.717, 1.165) is 44.1 Å². The number of nitrogens with zero attached hydrogens (tertiary/aromatic N) is 4. The Morgan fingerprint density at radius 2 is 1.83 bits per heavy atom. The van der Waals surface area contributed by atoms with Crippen molar-refractivity contribution in [2.45, 2.75) is 6.54 Å². The molecule has 3 N–H and O–H groups in total. The topological polar surface area (TPSA) is 142 Å². The molecule has 1 fully saturated rings. The molecule has 11 nitrogen and oxygen atoms in total. The van der Waals surface area contributed by atoms with E-state index >= 15 is 0 Å². The fourth-order valence-electron chi connectivity index (χ4n) is 3.89. The highest BCUT2D eigenvalue weighted by Crippen LogP contribution is 2.27. The largest absolute Gasteiger partial charge is 0.379 e. The number of hydrogen-bond acceptors (Lipinski definition) is 7. The van der Waals surface area contributed by atoms with E-state index in [1.54, 1.807) is 6.20 Å². The van der Waals surface area contributed by atoms with Gasteiger partial charge in [-0.15, -0.1) is 0 Å². The third kappa shape index (κ3) is 5.10. The van der Waals surface area contributed by atoms with Gasteiger partial charge in [0.25, 0.3) is 11.6 Å². The monoisotopic (exact) mass is 473 g/mol. The Kier molecular flexibility index (Phi) is 6.33. The number of carbonyl (C=O) groups is 1. The van der Waals surface area contributed by atoms with Crippen LogP contribution in [0.2, 0.25) is 0 Å². The number of nitro groups is 1. The predicted molar refractivity (Wildman–Crippen MR) is 129 cm³/mol. The Balaban J connectivity index is 1.27. The van der Waals surface area contributed by atoms with E-state index in [0.29, 0.717) is 22.8 Å². The number of aromatic nitrogens is 4. The molecule has 0 saturated carbocycles. The molecule has 2 aromatic carbocycles. The summed E-state index contributed by atoms with van der Waals surface area (Å²) in [5.74, 6) is 0.110. The number of imidazole rings is 1. The summed E-state index contributed by atoms with van der Waals surface area (Å²) < 4.78 is 5.41. The first-order valence-corrected chi connectivity index (χ1v) is 11.1. The van der Waals surface area contributed by atoms with Gasteiger partial charge in [-0.1, -0.05) is 24.3 Å². The number of aromatic amines is 2. The van der Waals surface area contributed by atoms with Crippen LogP contribution in [0.5, 0.6) is 0 Å². The summed E-state index contributed by atoms with van der Waals surface area (Å²) in [7, 11) is 0. The molecule has 0 bridgehead atoms. The lowest BCUT2D eigenvalue weighted by Crippen LogP contribution is -2.35. The minimum atomic E-state index is -0.512. The van der Waals surface area contributed by atoms with Crippen LogP contribution in [0.4, 0.5) is 11.4 Å². The SMILES string of the molecule is O=C(Nc1cn[nH]c1-c1ncc(-c2ccc(CN3CCOCC3)cc2)[nH]1)c1ccc([N+](=O)[O-])cc1. The highest BCUT2D eigenvalue weighted by Gasteiger charge is 2.16. The maximum atomic E-state index is 12.6. The zero-order valence-electron chi connectivity index (χ0n) is 18.7. The summed E-state index contributed by atoms with van der Waals surface area (Å²) >= 11 is 0. The minimum absolute atomic E-state index is 0.0807. The Hall–Kier alpha value is -4.35. The molecule has 5 rings (SSSR count). The average Bonchev–Trinajstić information content (AvgIpc) is 3.55. The number of carbonyl (C=O) groups excluding carboxylic acids is 1. The number of amides is 1. The van der Waals surface area contributed by atoms with Crippen LogP contribution in [0.15, 0.2) is 60.9 Å². The number of ether oxygens (including phenoxy) is 1. The zero-order chi connectivity index (χ0) is 24.2. The van der Waals surface area contributed by atoms with Gasteiger partial charge < -0.3 is 15.0 Å². The lowest BCUT2D eigenvalue weighted by molar-refractivity contribution is -0.384. The molecule has 1 aliphatic heterocycles. The molecular weight excluding hydrogens is 450 g/mol. The van der Waals surface area contributed by atoms with Gasteiger partial charge in [-0.05, 0) is 23.3 Å². The highest BCUT2D eigenvalue weighted by atomic mass is 16.6. The quantitative estimate of drug-likeness (QED) is 0.276. The third-order valence-electron chi connectivity index (χ3n) is 5.82. The van der Waals surface area contributed by atoms with E-state index in [2.05, 4.69) is 54.6 Å². The van der Waals surface area contributed by atoms with Gasteiger partial charge in [0.1, 0.15) is 5.69 Å². The van der Waals surface area contributed by atoms with Gasteiger partial charge in [0.15, 0.2) is 5.82 Å². The molecule has 0 spiro atoms. The summed E-state index contributed by atoms with van der Waals surface area (Å²) in [6.45, 7) is 4.33. The van der Waals surface area contributed by atoms with Crippen molar-refractivity contribution in [2.24, 2.45) is 0 Å². The fraction of sp³-hybridized carbons (Fsp3) is 0.208. The van der Waals surface area contributed by atoms with Gasteiger partial charge in [-0.25, -0.2) is 4.98 Å². The first-order chi connectivity index (χ1) is 17.1. The van der Waals surface area contributed by atoms with Gasteiger partial charge in [-0.2, -0.15) is 5.10 Å². The second kappa shape index (κ2) is 9.87. The molecule has 3 heterocycles. The molecule has 11 heteroatoms. The number of H-pyrrole nitrogens is 2. The average molecular weight is 473 g/mol. The second-order valence-electron chi connectivity index (χ2n) is 8.15. The summed E-state index contributed by atoms with van der Waals surface area (Å²) in [6, 6.07) is 13.7. The first-order valence-electron chi connectivity index (χ1n) is 11.1. The van der Waals surface area contributed by atoms with E-state index < -0.39 is 10.8 Å². The van der Waals surface area contributed by atoms with Gasteiger partial charge in [-0.3, -0.25) is 24.9 Å². The van der Waals surface area contributed by atoms with E-state index in [9.17, 15) is 14.9 Å². The molecule has 0 atom stereocenters. The fourth-order valence-corrected chi connectivity index (χ4v) is 3.89. The van der Waals surface area contributed by atoms with Crippen molar-refractivity contribution in [3.8, 4) is 22.8 Å². The molecule has 1 saturated heterocycles. The van der Waals surface area contributed by atoms with Crippen molar-refractivity contribution in [1.82, 2.24) is 25.1 Å². The standard InChI is InChI=1S/C24H23N7O4/c32-24(18-5-7-19(8-6-18)31(33)34)28-21-14-26-29-22(21)23-25-13-20(27-23)17-3-1-16(2-4-17)15-30-9-11-35-12-10-30/h1-8,13-14H,9-12,15H2,(H,25,27)(H,26,29)(H,28,32). The van der Waals surface area contributed by atoms with Crippen LogP contribution in [-0.2, 0) is 11.3 Å². The summed E-state index contributed by atoms with van der Waals surface area (Å²) in [5.41, 5.74) is 4.24. The first kappa shape index (κ1) is 22.4. The van der Waals surface area contributed by atoms with Crippen LogP contribution >= 0.6 is 0 Å². The zero-order valence-corrected chi connectivity index (χ0v) is 18.7. The molecule has 0 unspecified atom stereocenters. The lowest BCUT2D eigenvalue weighted by atomic mass is 10.1. The van der Waals surface area contributed by atoms with Crippen molar-refractivity contribution in [3.63, 3.8) is 0 Å². The van der Waals surface area contributed by atoms with Crippen LogP contribution in [-0.4, -0.2) is 62.2 Å². The number of benzene rings is 2. The Morgan fingerprint density at radius 3 is 2.54 bits per heavy atom. The molecule has 0 aliphatic carbocycles. The van der Waals surface area contributed by atoms with Crippen LogP contribution < -0.4 is 5.32 Å². The molecule has 1 aliphatic rings. The van der Waals surface area contributed by atoms with E-state index in [-0.39, 0.29) is 5.69 Å². The van der Waals surface area contributed by atoms with Crippen LogP contribution in [0.1, 0.15) is 15.9 Å². The third-order valence-corrected chi connectivity index (χ3v) is 5.82. The number of nitro benzene ring substituents is 1. The number of non-ortho nitro benzene ring substituents is 1. The predicted octanol–water partition coefficient (Wildman–Crippen LogP) is 3.46. The summed E-state index contributed by atoms with van der Waals surface area (Å²) in [5, 5.41) is 20.5. The van der Waals surface area contributed by atoms with Crippen molar-refractivity contribution >= 4 is 17.3 Å². The molecule has 2 aromatic heterocycles. The Bertz CT molecular complexity index is 1320. The van der Waals surface area contributed by atoms with Crippen LogP contribution in [0.3, 0.4) is 0 Å². The molecule has 1 amide bonds. The van der Waals surface area contributed by atoms with Gasteiger partial charge in [0.2, 0.25) is 0 Å². The molecule has 178 valence electrons. The second-order valence-corrected chi connectivity index (χ2v) is 8.15. The summed E-state index contributed by atoms with van der Waals surface area (Å²) in [4.78, 5) is 33.0. The maximum absolute atomic E-state index is 12.6. The number of nitrogens with one attached hydrogen (secondary N) is 3. The molecular formula is C24H23N7O4. The van der Waals surface area contributed by atoms with Crippen molar-refractivity contribution in [3.05, 3.63) is 82.2 Å². The van der Waals surface area contributed by atoms with E-state index in [1.807, 2.05) is 0 Å². The molecule has 0 radical (unpaired) electrons. The molecule has 35 heavy (non-hydrogen) atoms. The number of hydrogen-bond donors (Lipinski definition) is 3. The number of anilines is 1. The lowest BCUT2D eigenvalue weighted by Gasteiger charge is -2.26. The maximum Gasteiger partial charge on any atom is 0.269 e. The Labute approximate surface area is 200 Å². The van der Waals surface area contributed by atoms with Crippen molar-refractivity contribution < 1.29 is 14.5 Å². The normalized spacial score (nSPS) is 14.1. The van der Waals surface area contributed by atoms with Gasteiger partial charge in [0, 0.05) is 37.3 Å². The van der Waals surface area contributed by atoms with E-state index in [1.165, 1.54) is 36.0 Å². The minimum Gasteiger partial charge on any atom is -0.379 e. The number of rotatable bonds is 7.